The Morgan fingerprint density at radius 3 is 0.943 bits per heavy atom. The number of hydrogen-bond donors (Lipinski definition) is 2. The maximum Gasteiger partial charge on any atom is 0.472 e. The van der Waals surface area contributed by atoms with Gasteiger partial charge in [-0.3, -0.25) is 18.6 Å². The topological polar surface area (TPSA) is 134 Å². The van der Waals surface area contributed by atoms with E-state index < -0.39 is 26.5 Å². The third-order valence-electron chi connectivity index (χ3n) is 16.0. The highest BCUT2D eigenvalue weighted by atomic mass is 31.2. The van der Waals surface area contributed by atoms with Gasteiger partial charge in [0.1, 0.15) is 6.61 Å². The van der Waals surface area contributed by atoms with Crippen molar-refractivity contribution in [3.63, 3.8) is 0 Å². The predicted octanol–water partition coefficient (Wildman–Crippen LogP) is 24.3. The average molecular weight is 1240 g/mol. The van der Waals surface area contributed by atoms with Crippen molar-refractivity contribution in [1.29, 1.82) is 0 Å². The summed E-state index contributed by atoms with van der Waals surface area (Å²) in [5.41, 5.74) is 5.41. The highest BCUT2D eigenvalue weighted by molar-refractivity contribution is 7.47. The van der Waals surface area contributed by atoms with Gasteiger partial charge in [-0.2, -0.15) is 0 Å². The van der Waals surface area contributed by atoms with E-state index in [2.05, 4.69) is 111 Å². The molecule has 0 radical (unpaired) electrons. The van der Waals surface area contributed by atoms with Gasteiger partial charge in [-0.05, 0) is 96.3 Å². The summed E-state index contributed by atoms with van der Waals surface area (Å²) in [4.78, 5) is 35.4. The molecule has 3 N–H and O–H groups in total. The Morgan fingerprint density at radius 2 is 0.632 bits per heavy atom. The normalized spacial score (nSPS) is 13.5. The number of rotatable bonds is 69. The van der Waals surface area contributed by atoms with Gasteiger partial charge in [0.05, 0.1) is 13.2 Å². The number of hydrogen-bond acceptors (Lipinski definition) is 8. The molecule has 0 saturated carbocycles. The van der Waals surface area contributed by atoms with Gasteiger partial charge in [0.15, 0.2) is 6.10 Å². The minimum Gasteiger partial charge on any atom is -0.462 e. The van der Waals surface area contributed by atoms with Crippen LogP contribution in [0, 0.1) is 0 Å². The molecule has 0 spiro atoms. The zero-order valence-corrected chi connectivity index (χ0v) is 57.6. The van der Waals surface area contributed by atoms with Gasteiger partial charge in [0.25, 0.3) is 0 Å². The maximum absolute atomic E-state index is 12.8. The van der Waals surface area contributed by atoms with Crippen molar-refractivity contribution >= 4 is 19.8 Å². The second kappa shape index (κ2) is 72.0. The molecule has 0 amide bonds. The fraction of sp³-hybridized carbons (Fsp3) is 0.766. The number of esters is 2. The lowest BCUT2D eigenvalue weighted by atomic mass is 10.0. The molecule has 0 aliphatic carbocycles. The first-order valence-corrected chi connectivity index (χ1v) is 38.2. The summed E-state index contributed by atoms with van der Waals surface area (Å²) >= 11 is 0. The van der Waals surface area contributed by atoms with E-state index in [1.54, 1.807) is 0 Å². The molecule has 0 heterocycles. The molecule has 2 atom stereocenters. The summed E-state index contributed by atoms with van der Waals surface area (Å²) in [7, 11) is -4.40. The summed E-state index contributed by atoms with van der Waals surface area (Å²) in [6.45, 7) is 3.66. The van der Waals surface area contributed by atoms with Crippen molar-refractivity contribution < 1.29 is 37.6 Å². The van der Waals surface area contributed by atoms with Crippen molar-refractivity contribution in [2.75, 3.05) is 26.4 Å². The Labute approximate surface area is 537 Å². The van der Waals surface area contributed by atoms with Crippen molar-refractivity contribution in [2.24, 2.45) is 5.73 Å². The van der Waals surface area contributed by atoms with Crippen LogP contribution in [0.4, 0.5) is 0 Å². The average Bonchev–Trinajstić information content (AvgIpc) is 3.64. The van der Waals surface area contributed by atoms with Crippen LogP contribution >= 0.6 is 7.82 Å². The fourth-order valence-corrected chi connectivity index (χ4v) is 11.3. The number of unbranched alkanes of at least 4 members (excludes halogenated alkanes) is 40. The summed E-state index contributed by atoms with van der Waals surface area (Å²) in [6, 6.07) is 0. The van der Waals surface area contributed by atoms with E-state index in [0.717, 1.165) is 83.5 Å². The van der Waals surface area contributed by atoms with Crippen molar-refractivity contribution in [3.05, 3.63) is 97.2 Å². The molecule has 0 aromatic heterocycles. The van der Waals surface area contributed by atoms with Crippen LogP contribution in [0.25, 0.3) is 0 Å². The zero-order valence-electron chi connectivity index (χ0n) is 56.7. The lowest BCUT2D eigenvalue weighted by Gasteiger charge is -2.19. The first-order valence-electron chi connectivity index (χ1n) is 36.7. The van der Waals surface area contributed by atoms with Crippen LogP contribution in [-0.2, 0) is 32.7 Å². The molecule has 0 aliphatic rings. The fourth-order valence-electron chi connectivity index (χ4n) is 10.6. The summed E-state index contributed by atoms with van der Waals surface area (Å²) in [5.74, 6) is -0.814. The second-order valence-electron chi connectivity index (χ2n) is 24.4. The van der Waals surface area contributed by atoms with Gasteiger partial charge in [-0.1, -0.05) is 336 Å². The van der Waals surface area contributed by atoms with Gasteiger partial charge in [-0.25, -0.2) is 4.57 Å². The maximum atomic E-state index is 12.8. The molecule has 0 rings (SSSR count). The third kappa shape index (κ3) is 71.9. The Morgan fingerprint density at radius 1 is 0.356 bits per heavy atom. The van der Waals surface area contributed by atoms with Gasteiger partial charge in [0.2, 0.25) is 0 Å². The Balaban J connectivity index is 3.84. The number of ether oxygens (including phenoxy) is 2. The molecule has 504 valence electrons. The van der Waals surface area contributed by atoms with E-state index in [-0.39, 0.29) is 38.6 Å². The number of carbonyl (C=O) groups excluding carboxylic acids is 2. The largest absolute Gasteiger partial charge is 0.472 e. The van der Waals surface area contributed by atoms with Gasteiger partial charge in [-0.15, -0.1) is 0 Å². The van der Waals surface area contributed by atoms with E-state index in [4.69, 9.17) is 24.3 Å². The molecule has 10 heteroatoms. The van der Waals surface area contributed by atoms with Crippen molar-refractivity contribution in [2.45, 2.75) is 354 Å². The van der Waals surface area contributed by atoms with Crippen LogP contribution in [0.15, 0.2) is 97.2 Å². The van der Waals surface area contributed by atoms with Crippen LogP contribution in [0.1, 0.15) is 348 Å². The first-order chi connectivity index (χ1) is 42.8. The second-order valence-corrected chi connectivity index (χ2v) is 25.9. The molecule has 9 nitrogen and oxygen atoms in total. The molecule has 0 saturated heterocycles. The molecule has 2 unspecified atom stereocenters. The number of carbonyl (C=O) groups is 2. The predicted molar refractivity (Wildman–Crippen MR) is 376 cm³/mol. The molecular weight excluding hydrogens is 1100 g/mol. The zero-order chi connectivity index (χ0) is 63.0. The molecule has 87 heavy (non-hydrogen) atoms. The van der Waals surface area contributed by atoms with E-state index in [9.17, 15) is 19.0 Å². The summed E-state index contributed by atoms with van der Waals surface area (Å²) in [6.07, 6.45) is 98.0. The SMILES string of the molecule is CC/C=C\C/C=C\C/C=C\C/C=C\C/C=C\CCCCCCCCCCCCCCCCCCCCCC(=O)OC(COC(=O)CCCCCCCCCCCCCCCCCC/C=C\C/C=C\C/C=C\CCCCCCC)COP(=O)(O)OCCN. The van der Waals surface area contributed by atoms with Crippen LogP contribution in [0.2, 0.25) is 0 Å². The van der Waals surface area contributed by atoms with Crippen molar-refractivity contribution in [3.8, 4) is 0 Å². The molecule has 0 aromatic rings. The van der Waals surface area contributed by atoms with Crippen LogP contribution in [0.5, 0.6) is 0 Å². The Bertz CT molecular complexity index is 1750. The Kier molecular flexibility index (Phi) is 69.5. The first kappa shape index (κ1) is 83.9. The number of allylic oxidation sites excluding steroid dienone is 16. The van der Waals surface area contributed by atoms with E-state index >= 15 is 0 Å². The lowest BCUT2D eigenvalue weighted by Crippen LogP contribution is -2.29. The molecule has 0 aromatic carbocycles. The standard InChI is InChI=1S/C77H138NO8P/c1-3-5-7-9-11-13-15-17-19-21-23-25-27-29-31-33-35-36-37-38-40-42-44-46-48-50-52-54-56-58-60-62-64-66-68-70-77(80)86-75(74-85-87(81,82)84-72-71-78)73-83-76(79)69-67-65-63-61-59-57-55-53-51-49-47-45-43-41-39-34-32-30-28-26-24-22-20-18-16-14-12-10-8-6-4-2/h5,7,11,13,16-19,22-25,28-31,75H,3-4,6,8-10,12,14-15,20-21,26-27,32-74,78H2,1-2H3,(H,81,82)/b7-5-,13-11-,18-16-,19-17-,24-22-,25-23-,30-28-,31-29-. The van der Waals surface area contributed by atoms with Gasteiger partial charge >= 0.3 is 19.8 Å². The Hall–Kier alpha value is -3.07. The van der Waals surface area contributed by atoms with Gasteiger partial charge in [0, 0.05) is 19.4 Å². The summed E-state index contributed by atoms with van der Waals surface area (Å²) in [5, 5.41) is 0. The van der Waals surface area contributed by atoms with Crippen LogP contribution in [0.3, 0.4) is 0 Å². The van der Waals surface area contributed by atoms with E-state index in [1.807, 2.05) is 0 Å². The highest BCUT2D eigenvalue weighted by Gasteiger charge is 2.26. The van der Waals surface area contributed by atoms with E-state index in [0.29, 0.717) is 6.42 Å². The molecule has 0 fully saturated rings. The van der Waals surface area contributed by atoms with Gasteiger partial charge < -0.3 is 20.1 Å². The number of phosphoric ester groups is 1. The smallest absolute Gasteiger partial charge is 0.462 e. The monoisotopic (exact) mass is 1240 g/mol. The minimum atomic E-state index is -4.40. The van der Waals surface area contributed by atoms with Crippen LogP contribution in [-0.4, -0.2) is 49.3 Å². The molecule has 0 bridgehead atoms. The quantitative estimate of drug-likeness (QED) is 0.0264. The minimum absolute atomic E-state index is 0.0524. The highest BCUT2D eigenvalue weighted by Crippen LogP contribution is 2.43. The summed E-state index contributed by atoms with van der Waals surface area (Å²) < 4.78 is 33.2. The lowest BCUT2D eigenvalue weighted by molar-refractivity contribution is -0.161. The van der Waals surface area contributed by atoms with E-state index in [1.165, 1.54) is 231 Å². The number of phosphoric acid groups is 1. The third-order valence-corrected chi connectivity index (χ3v) is 16.9. The van der Waals surface area contributed by atoms with Crippen LogP contribution < -0.4 is 5.73 Å². The molecular formula is C77H138NO8P. The molecule has 0 aliphatic heterocycles. The number of nitrogens with two attached hydrogens (primary N) is 1. The van der Waals surface area contributed by atoms with Crippen molar-refractivity contribution in [1.82, 2.24) is 0 Å².